The molecule has 0 fully saturated rings. The molecule has 0 spiro atoms. The molecule has 0 saturated heterocycles. The molecule has 0 aromatic heterocycles. The molecule has 0 aliphatic carbocycles. The smallest absolute Gasteiger partial charge is 0.250 e. The molecule has 2 aromatic rings. The fourth-order valence-corrected chi connectivity index (χ4v) is 2.38. The molecular formula is C17H16ClNO4. The van der Waals surface area contributed by atoms with Gasteiger partial charge in [0.1, 0.15) is 19.8 Å². The number of hydrogen-bond donors (Lipinski definition) is 1. The highest BCUT2D eigenvalue weighted by Gasteiger charge is 2.16. The summed E-state index contributed by atoms with van der Waals surface area (Å²) in [5, 5.41) is 3.11. The van der Waals surface area contributed by atoms with Crippen molar-refractivity contribution >= 4 is 23.2 Å². The summed E-state index contributed by atoms with van der Waals surface area (Å²) in [7, 11) is 0. The molecule has 0 atom stereocenters. The summed E-state index contributed by atoms with van der Waals surface area (Å²) in [5.74, 6) is 0.875. The van der Waals surface area contributed by atoms with Crippen molar-refractivity contribution in [2.24, 2.45) is 0 Å². The van der Waals surface area contributed by atoms with E-state index in [0.717, 1.165) is 5.56 Å². The summed E-state index contributed by atoms with van der Waals surface area (Å²) in [6, 6.07) is 13.0. The van der Waals surface area contributed by atoms with E-state index in [1.807, 2.05) is 30.3 Å². The highest BCUT2D eigenvalue weighted by molar-refractivity contribution is 6.34. The molecule has 0 saturated carbocycles. The molecule has 1 heterocycles. The topological polar surface area (TPSA) is 56.8 Å². The first-order valence-electron chi connectivity index (χ1n) is 7.23. The van der Waals surface area contributed by atoms with Gasteiger partial charge in [-0.1, -0.05) is 41.9 Å². The SMILES string of the molecule is O=C(COCc1ccccc1)Nc1cc2c(cc1Cl)OCCO2. The number of amides is 1. The molecule has 120 valence electrons. The molecule has 0 unspecified atom stereocenters. The van der Waals surface area contributed by atoms with Gasteiger partial charge in [-0.3, -0.25) is 4.79 Å². The highest BCUT2D eigenvalue weighted by atomic mass is 35.5. The molecule has 6 heteroatoms. The van der Waals surface area contributed by atoms with Gasteiger partial charge in [0, 0.05) is 12.1 Å². The van der Waals surface area contributed by atoms with Crippen LogP contribution >= 0.6 is 11.6 Å². The summed E-state index contributed by atoms with van der Waals surface area (Å²) in [4.78, 5) is 12.0. The van der Waals surface area contributed by atoms with Crippen LogP contribution in [0.1, 0.15) is 5.56 Å². The van der Waals surface area contributed by atoms with E-state index < -0.39 is 0 Å². The van der Waals surface area contributed by atoms with Crippen LogP contribution in [-0.4, -0.2) is 25.7 Å². The Labute approximate surface area is 139 Å². The van der Waals surface area contributed by atoms with Gasteiger partial charge in [-0.05, 0) is 5.56 Å². The maximum absolute atomic E-state index is 12.0. The first kappa shape index (κ1) is 15.6. The first-order chi connectivity index (χ1) is 11.2. The molecule has 23 heavy (non-hydrogen) atoms. The van der Waals surface area contributed by atoms with Gasteiger partial charge in [-0.15, -0.1) is 0 Å². The maximum Gasteiger partial charge on any atom is 0.250 e. The number of carbonyl (C=O) groups is 1. The minimum absolute atomic E-state index is 0.0559. The number of ether oxygens (including phenoxy) is 3. The average molecular weight is 334 g/mol. The third-order valence-electron chi connectivity index (χ3n) is 3.25. The Balaban J connectivity index is 1.55. The molecule has 1 N–H and O–H groups in total. The van der Waals surface area contributed by atoms with Crippen LogP contribution in [0.3, 0.4) is 0 Å². The summed E-state index contributed by atoms with van der Waals surface area (Å²) in [6.45, 7) is 1.29. The monoisotopic (exact) mass is 333 g/mol. The second-order valence-electron chi connectivity index (χ2n) is 5.00. The lowest BCUT2D eigenvalue weighted by molar-refractivity contribution is -0.121. The van der Waals surface area contributed by atoms with Crippen LogP contribution in [0.15, 0.2) is 42.5 Å². The average Bonchev–Trinajstić information content (AvgIpc) is 2.56. The molecule has 1 amide bonds. The molecule has 0 radical (unpaired) electrons. The van der Waals surface area contributed by atoms with Crippen molar-refractivity contribution < 1.29 is 19.0 Å². The van der Waals surface area contributed by atoms with Gasteiger partial charge in [0.05, 0.1) is 17.3 Å². The minimum atomic E-state index is -0.278. The number of benzene rings is 2. The van der Waals surface area contributed by atoms with E-state index in [-0.39, 0.29) is 12.5 Å². The van der Waals surface area contributed by atoms with Crippen LogP contribution in [0, 0.1) is 0 Å². The quantitative estimate of drug-likeness (QED) is 0.912. The summed E-state index contributed by atoms with van der Waals surface area (Å²) >= 11 is 6.14. The summed E-state index contributed by atoms with van der Waals surface area (Å²) in [6.07, 6.45) is 0. The van der Waals surface area contributed by atoms with Crippen LogP contribution < -0.4 is 14.8 Å². The zero-order chi connectivity index (χ0) is 16.1. The molecule has 0 bridgehead atoms. The van der Waals surface area contributed by atoms with E-state index in [1.165, 1.54) is 0 Å². The number of carbonyl (C=O) groups excluding carboxylic acids is 1. The van der Waals surface area contributed by atoms with Gasteiger partial charge in [-0.2, -0.15) is 0 Å². The van der Waals surface area contributed by atoms with Gasteiger partial charge >= 0.3 is 0 Å². The fraction of sp³-hybridized carbons (Fsp3) is 0.235. The van der Waals surface area contributed by atoms with E-state index in [9.17, 15) is 4.79 Å². The Morgan fingerprint density at radius 2 is 1.83 bits per heavy atom. The third-order valence-corrected chi connectivity index (χ3v) is 3.56. The van der Waals surface area contributed by atoms with Gasteiger partial charge in [0.2, 0.25) is 5.91 Å². The molecule has 1 aliphatic rings. The van der Waals surface area contributed by atoms with Crippen molar-refractivity contribution in [1.29, 1.82) is 0 Å². The van der Waals surface area contributed by atoms with E-state index >= 15 is 0 Å². The van der Waals surface area contributed by atoms with Crippen molar-refractivity contribution in [3.8, 4) is 11.5 Å². The molecule has 2 aromatic carbocycles. The predicted octanol–water partition coefficient (Wildman–Crippen LogP) is 3.27. The van der Waals surface area contributed by atoms with Crippen molar-refractivity contribution in [2.45, 2.75) is 6.61 Å². The zero-order valence-electron chi connectivity index (χ0n) is 12.4. The largest absolute Gasteiger partial charge is 0.486 e. The minimum Gasteiger partial charge on any atom is -0.486 e. The van der Waals surface area contributed by atoms with Crippen molar-refractivity contribution in [1.82, 2.24) is 0 Å². The van der Waals surface area contributed by atoms with Crippen molar-refractivity contribution in [3.63, 3.8) is 0 Å². The van der Waals surface area contributed by atoms with Crippen molar-refractivity contribution in [2.75, 3.05) is 25.1 Å². The van der Waals surface area contributed by atoms with Crippen LogP contribution in [0.25, 0.3) is 0 Å². The molecule has 1 aliphatic heterocycles. The van der Waals surface area contributed by atoms with E-state index in [1.54, 1.807) is 12.1 Å². The maximum atomic E-state index is 12.0. The Morgan fingerprint density at radius 1 is 1.13 bits per heavy atom. The molecular weight excluding hydrogens is 318 g/mol. The van der Waals surface area contributed by atoms with Crippen molar-refractivity contribution in [3.05, 3.63) is 53.1 Å². The van der Waals surface area contributed by atoms with Crippen LogP contribution in [0.5, 0.6) is 11.5 Å². The number of fused-ring (bicyclic) bond motifs is 1. The number of halogens is 1. The number of rotatable bonds is 5. The number of anilines is 1. The highest BCUT2D eigenvalue weighted by Crippen LogP contribution is 2.37. The van der Waals surface area contributed by atoms with Gasteiger partial charge < -0.3 is 19.5 Å². The van der Waals surface area contributed by atoms with Gasteiger partial charge in [0.25, 0.3) is 0 Å². The fourth-order valence-electron chi connectivity index (χ4n) is 2.18. The normalized spacial score (nSPS) is 12.7. The van der Waals surface area contributed by atoms with E-state index in [2.05, 4.69) is 5.32 Å². The lowest BCUT2D eigenvalue weighted by Gasteiger charge is -2.20. The molecule has 3 rings (SSSR count). The van der Waals surface area contributed by atoms with Gasteiger partial charge in [-0.25, -0.2) is 0 Å². The zero-order valence-corrected chi connectivity index (χ0v) is 13.1. The third kappa shape index (κ3) is 4.15. The Morgan fingerprint density at radius 3 is 2.57 bits per heavy atom. The number of hydrogen-bond acceptors (Lipinski definition) is 4. The Hall–Kier alpha value is -2.24. The van der Waals surface area contributed by atoms with Crippen LogP contribution in [0.2, 0.25) is 5.02 Å². The first-order valence-corrected chi connectivity index (χ1v) is 7.61. The van der Waals surface area contributed by atoms with E-state index in [0.29, 0.717) is 42.0 Å². The number of nitrogens with one attached hydrogen (secondary N) is 1. The lowest BCUT2D eigenvalue weighted by atomic mass is 10.2. The van der Waals surface area contributed by atoms with Crippen LogP contribution in [-0.2, 0) is 16.1 Å². The Bertz CT molecular complexity index is 690. The summed E-state index contributed by atoms with van der Waals surface area (Å²) in [5.41, 5.74) is 1.49. The van der Waals surface area contributed by atoms with E-state index in [4.69, 9.17) is 25.8 Å². The Kier molecular flexibility index (Phi) is 5.00. The standard InChI is InChI=1S/C17H16ClNO4/c18-13-8-15-16(23-7-6-22-15)9-14(13)19-17(20)11-21-10-12-4-2-1-3-5-12/h1-5,8-9H,6-7,10-11H2,(H,19,20). The summed E-state index contributed by atoms with van der Waals surface area (Å²) < 4.78 is 16.3. The predicted molar refractivity (Wildman–Crippen MR) is 87.2 cm³/mol. The second kappa shape index (κ2) is 7.35. The second-order valence-corrected chi connectivity index (χ2v) is 5.41. The lowest BCUT2D eigenvalue weighted by Crippen LogP contribution is -2.19. The molecule has 5 nitrogen and oxygen atoms in total. The van der Waals surface area contributed by atoms with Gasteiger partial charge in [0.15, 0.2) is 11.5 Å². The van der Waals surface area contributed by atoms with Crippen LogP contribution in [0.4, 0.5) is 5.69 Å².